The summed E-state index contributed by atoms with van der Waals surface area (Å²) >= 11 is 0. The van der Waals surface area contributed by atoms with Crippen LogP contribution in [0.3, 0.4) is 0 Å². The molecule has 0 amide bonds. The lowest BCUT2D eigenvalue weighted by molar-refractivity contribution is -0.163. The lowest BCUT2D eigenvalue weighted by Gasteiger charge is -2.24. The first-order valence-electron chi connectivity index (χ1n) is 3.13. The van der Waals surface area contributed by atoms with Crippen LogP contribution in [0.1, 0.15) is 6.92 Å². The van der Waals surface area contributed by atoms with Crippen LogP contribution in [-0.2, 0) is 4.74 Å². The summed E-state index contributed by atoms with van der Waals surface area (Å²) in [5, 5.41) is 0. The molecule has 0 aliphatic heterocycles. The van der Waals surface area contributed by atoms with Gasteiger partial charge in [0, 0.05) is 14.0 Å². The minimum Gasteiger partial charge on any atom is -0.372 e. The predicted octanol–water partition coefficient (Wildman–Crippen LogP) is 2.26. The van der Waals surface area contributed by atoms with Crippen LogP contribution in [-0.4, -0.2) is 31.7 Å². The predicted molar refractivity (Wildman–Crippen MR) is 32.3 cm³/mol. The molecule has 0 aromatic heterocycles. The summed E-state index contributed by atoms with van der Waals surface area (Å²) in [5.41, 5.74) is 0. The van der Waals surface area contributed by atoms with Crippen LogP contribution >= 0.6 is 0 Å². The van der Waals surface area contributed by atoms with Crippen molar-refractivity contribution in [3.05, 3.63) is 0 Å². The van der Waals surface area contributed by atoms with Crippen molar-refractivity contribution in [2.75, 3.05) is 7.11 Å². The maximum atomic E-state index is 12.3. The van der Waals surface area contributed by atoms with Crippen LogP contribution in [0.25, 0.3) is 0 Å². The van der Waals surface area contributed by atoms with Gasteiger partial charge >= 0.3 is 0 Å². The van der Waals surface area contributed by atoms with Crippen molar-refractivity contribution in [3.8, 4) is 0 Å². The molecule has 12 heavy (non-hydrogen) atoms. The van der Waals surface area contributed by atoms with E-state index in [1.54, 1.807) is 0 Å². The third-order valence-electron chi connectivity index (χ3n) is 1.28. The molecule has 0 aliphatic rings. The van der Waals surface area contributed by atoms with Crippen LogP contribution in [0.4, 0.5) is 22.0 Å². The molecule has 0 heterocycles. The molecule has 0 bridgehead atoms. The van der Waals surface area contributed by atoms with Gasteiger partial charge in [-0.1, -0.05) is 0 Å². The van der Waals surface area contributed by atoms with Gasteiger partial charge in [0.2, 0.25) is 0 Å². The third kappa shape index (κ3) is 2.92. The monoisotopic (exact) mass is 192 g/mol. The Kier molecular flexibility index (Phi) is 3.89. The van der Waals surface area contributed by atoms with E-state index in [0.717, 1.165) is 7.11 Å². The molecule has 0 saturated carbocycles. The van der Waals surface area contributed by atoms with Crippen molar-refractivity contribution in [2.24, 2.45) is 0 Å². The number of hydrogen-bond donors (Lipinski definition) is 0. The number of halogens is 5. The fourth-order valence-electron chi connectivity index (χ4n) is 0.749. The van der Waals surface area contributed by atoms with Crippen molar-refractivity contribution in [1.82, 2.24) is 0 Å². The average molecular weight is 192 g/mol. The molecule has 0 N–H and O–H groups in total. The molecule has 0 aromatic carbocycles. The van der Waals surface area contributed by atoms with Crippen molar-refractivity contribution in [2.45, 2.75) is 31.5 Å². The Labute approximate surface area is 66.5 Å². The molecular weight excluding hydrogens is 183 g/mol. The molecule has 2 atom stereocenters. The van der Waals surface area contributed by atoms with E-state index in [2.05, 4.69) is 4.74 Å². The first-order chi connectivity index (χ1) is 5.30. The summed E-state index contributed by atoms with van der Waals surface area (Å²) in [4.78, 5) is 0. The number of hydrogen-bond acceptors (Lipinski definition) is 1. The highest BCUT2D eigenvalue weighted by atomic mass is 19.3. The summed E-state index contributed by atoms with van der Waals surface area (Å²) in [5.74, 6) is -3.61. The Morgan fingerprint density at radius 3 is 1.67 bits per heavy atom. The van der Waals surface area contributed by atoms with Crippen molar-refractivity contribution in [1.29, 1.82) is 0 Å². The lowest BCUT2D eigenvalue weighted by Crippen LogP contribution is -2.43. The first kappa shape index (κ1) is 11.6. The zero-order chi connectivity index (χ0) is 9.94. The van der Waals surface area contributed by atoms with Gasteiger partial charge in [-0.2, -0.15) is 0 Å². The van der Waals surface area contributed by atoms with Crippen LogP contribution < -0.4 is 0 Å². The number of methoxy groups -OCH3 is 1. The van der Waals surface area contributed by atoms with Crippen molar-refractivity contribution in [3.63, 3.8) is 0 Å². The lowest BCUT2D eigenvalue weighted by atomic mass is 10.1. The number of alkyl halides is 5. The molecule has 74 valence electrons. The van der Waals surface area contributed by atoms with Gasteiger partial charge in [-0.3, -0.25) is 0 Å². The summed E-state index contributed by atoms with van der Waals surface area (Å²) in [6, 6.07) is 0. The topological polar surface area (TPSA) is 9.23 Å². The fourth-order valence-corrected chi connectivity index (χ4v) is 0.749. The Bertz CT molecular complexity index is 132. The summed E-state index contributed by atoms with van der Waals surface area (Å²) < 4.78 is 64.1. The molecule has 2 unspecified atom stereocenters. The molecular formula is C6H9F5O. The minimum atomic E-state index is -3.61. The van der Waals surface area contributed by atoms with Gasteiger partial charge in [0.25, 0.3) is 12.3 Å². The highest BCUT2D eigenvalue weighted by Gasteiger charge is 2.44. The minimum absolute atomic E-state index is 0.329. The fraction of sp³-hybridized carbons (Fsp3) is 1.00. The standard InChI is InChI=1S/C6H9F5O/c1-6(10,11)4(12-2)3(7)5(8)9/h3-5H,1-2H3. The quantitative estimate of drug-likeness (QED) is 0.621. The third-order valence-corrected chi connectivity index (χ3v) is 1.28. The highest BCUT2D eigenvalue weighted by molar-refractivity contribution is 4.81. The Morgan fingerprint density at radius 1 is 1.17 bits per heavy atom. The zero-order valence-corrected chi connectivity index (χ0v) is 6.53. The van der Waals surface area contributed by atoms with Crippen molar-refractivity contribution >= 4 is 0 Å². The van der Waals surface area contributed by atoms with E-state index in [-0.39, 0.29) is 0 Å². The van der Waals surface area contributed by atoms with Gasteiger partial charge in [-0.05, 0) is 0 Å². The average Bonchev–Trinajstić information content (AvgIpc) is 1.85. The van der Waals surface area contributed by atoms with Crippen LogP contribution in [0.2, 0.25) is 0 Å². The van der Waals surface area contributed by atoms with E-state index in [1.807, 2.05) is 0 Å². The molecule has 0 aliphatic carbocycles. The molecule has 0 fully saturated rings. The van der Waals surface area contributed by atoms with E-state index in [9.17, 15) is 22.0 Å². The van der Waals surface area contributed by atoms with E-state index < -0.39 is 24.6 Å². The van der Waals surface area contributed by atoms with E-state index in [1.165, 1.54) is 0 Å². The molecule has 6 heteroatoms. The van der Waals surface area contributed by atoms with Gasteiger partial charge in [0.05, 0.1) is 0 Å². The maximum absolute atomic E-state index is 12.3. The molecule has 0 spiro atoms. The van der Waals surface area contributed by atoms with Crippen LogP contribution in [0.15, 0.2) is 0 Å². The molecule has 0 aromatic rings. The zero-order valence-electron chi connectivity index (χ0n) is 6.53. The van der Waals surface area contributed by atoms with Gasteiger partial charge in [0.1, 0.15) is 0 Å². The van der Waals surface area contributed by atoms with Gasteiger partial charge in [-0.25, -0.2) is 22.0 Å². The van der Waals surface area contributed by atoms with Crippen LogP contribution in [0.5, 0.6) is 0 Å². The molecule has 0 saturated heterocycles. The second kappa shape index (κ2) is 4.02. The second-order valence-corrected chi connectivity index (χ2v) is 2.39. The summed E-state index contributed by atoms with van der Waals surface area (Å²) in [7, 11) is 0.761. The highest BCUT2D eigenvalue weighted by Crippen LogP contribution is 2.27. The summed E-state index contributed by atoms with van der Waals surface area (Å²) in [6.45, 7) is 0.329. The normalized spacial score (nSPS) is 18.0. The van der Waals surface area contributed by atoms with Gasteiger partial charge in [0.15, 0.2) is 12.3 Å². The van der Waals surface area contributed by atoms with E-state index in [4.69, 9.17) is 0 Å². The maximum Gasteiger partial charge on any atom is 0.274 e. The molecule has 0 radical (unpaired) electrons. The summed E-state index contributed by atoms with van der Waals surface area (Å²) in [6.07, 6.45) is -8.81. The smallest absolute Gasteiger partial charge is 0.274 e. The molecule has 0 rings (SSSR count). The second-order valence-electron chi connectivity index (χ2n) is 2.39. The Morgan fingerprint density at radius 2 is 1.58 bits per heavy atom. The van der Waals surface area contributed by atoms with Crippen LogP contribution in [0, 0.1) is 0 Å². The Hall–Kier alpha value is -0.390. The number of ether oxygens (including phenoxy) is 1. The molecule has 1 nitrogen and oxygen atoms in total. The number of rotatable bonds is 4. The Balaban J connectivity index is 4.35. The van der Waals surface area contributed by atoms with Gasteiger partial charge in [-0.15, -0.1) is 0 Å². The van der Waals surface area contributed by atoms with E-state index >= 15 is 0 Å². The first-order valence-corrected chi connectivity index (χ1v) is 3.13. The largest absolute Gasteiger partial charge is 0.372 e. The van der Waals surface area contributed by atoms with Gasteiger partial charge < -0.3 is 4.74 Å². The van der Waals surface area contributed by atoms with Crippen molar-refractivity contribution < 1.29 is 26.7 Å². The van der Waals surface area contributed by atoms with E-state index in [0.29, 0.717) is 6.92 Å². The SMILES string of the molecule is COC(C(F)C(F)F)C(C)(F)F.